The number of hydrogen-bond acceptors (Lipinski definition) is 3. The average Bonchev–Trinajstić information content (AvgIpc) is 3.55. The monoisotopic (exact) mass is 440 g/mol. The van der Waals surface area contributed by atoms with Gasteiger partial charge in [-0.1, -0.05) is 12.1 Å². The van der Waals surface area contributed by atoms with Crippen LogP contribution in [0, 0.1) is 11.6 Å². The number of nitrogens with zero attached hydrogens (tertiary/aromatic N) is 1. The van der Waals surface area contributed by atoms with Gasteiger partial charge in [0.05, 0.1) is 0 Å². The summed E-state index contributed by atoms with van der Waals surface area (Å²) in [4.78, 5) is 40.1. The van der Waals surface area contributed by atoms with E-state index in [-0.39, 0.29) is 17.5 Å². The summed E-state index contributed by atoms with van der Waals surface area (Å²) in [5.41, 5.74) is 0.183. The number of benzene rings is 2. The van der Waals surface area contributed by atoms with Crippen molar-refractivity contribution in [3.05, 3.63) is 83.4 Å². The van der Waals surface area contributed by atoms with E-state index in [1.54, 1.807) is 0 Å². The van der Waals surface area contributed by atoms with Crippen molar-refractivity contribution in [3.63, 3.8) is 0 Å². The van der Waals surface area contributed by atoms with Gasteiger partial charge >= 0.3 is 0 Å². The van der Waals surface area contributed by atoms with E-state index >= 15 is 0 Å². The van der Waals surface area contributed by atoms with Crippen molar-refractivity contribution in [2.75, 3.05) is 0 Å². The molecule has 0 bridgehead atoms. The Hall–Kier alpha value is -3.35. The molecule has 2 aromatic rings. The Labute approximate surface area is 186 Å². The Kier molecular flexibility index (Phi) is 6.87. The molecule has 1 atom stereocenters. The number of allylic oxidation sites excluding steroid dienone is 1. The molecule has 1 saturated carbocycles. The lowest BCUT2D eigenvalue weighted by molar-refractivity contribution is -0.139. The van der Waals surface area contributed by atoms with Crippen LogP contribution in [0.15, 0.2) is 60.7 Å². The first-order chi connectivity index (χ1) is 15.0. The van der Waals surface area contributed by atoms with Crippen LogP contribution in [0.1, 0.15) is 55.6 Å². The fourth-order valence-electron chi connectivity index (χ4n) is 3.34. The van der Waals surface area contributed by atoms with E-state index in [0.29, 0.717) is 5.56 Å². The lowest BCUT2D eigenvalue weighted by Gasteiger charge is -2.33. The molecular formula is C25H26F2N2O3. The predicted octanol–water partition coefficient (Wildman–Crippen LogP) is 4.35. The first-order valence-corrected chi connectivity index (χ1v) is 10.4. The zero-order valence-corrected chi connectivity index (χ0v) is 18.3. The van der Waals surface area contributed by atoms with Gasteiger partial charge in [0.2, 0.25) is 11.8 Å². The number of carbonyl (C=O) groups excluding carboxylic acids is 3. The van der Waals surface area contributed by atoms with Crippen molar-refractivity contribution in [1.82, 2.24) is 10.2 Å². The maximum absolute atomic E-state index is 13.5. The van der Waals surface area contributed by atoms with Gasteiger partial charge in [-0.3, -0.25) is 14.4 Å². The SMILES string of the molecule is CC(C)(C)NC(=O)C(c1ccc(F)cc1)N(C(=O)C=CC(=O)c1ccc(F)cc1)C1CC1. The lowest BCUT2D eigenvalue weighted by atomic mass is 10.0. The normalized spacial score (nSPS) is 14.8. The first-order valence-electron chi connectivity index (χ1n) is 10.4. The maximum atomic E-state index is 13.5. The summed E-state index contributed by atoms with van der Waals surface area (Å²) in [5.74, 6) is -2.25. The van der Waals surface area contributed by atoms with Crippen LogP contribution < -0.4 is 5.32 Å². The minimum absolute atomic E-state index is 0.158. The van der Waals surface area contributed by atoms with Crippen molar-refractivity contribution >= 4 is 17.6 Å². The van der Waals surface area contributed by atoms with Crippen LogP contribution in [-0.2, 0) is 9.59 Å². The molecule has 2 amide bonds. The zero-order valence-electron chi connectivity index (χ0n) is 18.3. The van der Waals surface area contributed by atoms with Gasteiger partial charge in [-0.05, 0) is 81.7 Å². The van der Waals surface area contributed by atoms with E-state index in [1.165, 1.54) is 53.4 Å². The quantitative estimate of drug-likeness (QED) is 0.514. The molecule has 0 radical (unpaired) electrons. The lowest BCUT2D eigenvalue weighted by Crippen LogP contribution is -2.49. The zero-order chi connectivity index (χ0) is 23.5. The number of rotatable bonds is 7. The minimum atomic E-state index is -0.972. The van der Waals surface area contributed by atoms with Gasteiger partial charge in [0.15, 0.2) is 5.78 Å². The van der Waals surface area contributed by atoms with Crippen LogP contribution in [0.3, 0.4) is 0 Å². The summed E-state index contributed by atoms with van der Waals surface area (Å²) in [5, 5.41) is 2.89. The number of carbonyl (C=O) groups is 3. The summed E-state index contributed by atoms with van der Waals surface area (Å²) in [6.45, 7) is 5.49. The summed E-state index contributed by atoms with van der Waals surface area (Å²) >= 11 is 0. The third kappa shape index (κ3) is 6.09. The molecule has 1 unspecified atom stereocenters. The Morgan fingerprint density at radius 3 is 1.97 bits per heavy atom. The summed E-state index contributed by atoms with van der Waals surface area (Å²) in [6, 6.07) is 9.34. The average molecular weight is 440 g/mol. The van der Waals surface area contributed by atoms with Gasteiger partial charge in [0.25, 0.3) is 0 Å². The van der Waals surface area contributed by atoms with Crippen LogP contribution in [0.4, 0.5) is 8.78 Å². The maximum Gasteiger partial charge on any atom is 0.247 e. The summed E-state index contributed by atoms with van der Waals surface area (Å²) in [6.07, 6.45) is 3.71. The number of nitrogens with one attached hydrogen (secondary N) is 1. The van der Waals surface area contributed by atoms with Crippen LogP contribution in [0.2, 0.25) is 0 Å². The van der Waals surface area contributed by atoms with Crippen molar-refractivity contribution in [2.24, 2.45) is 0 Å². The van der Waals surface area contributed by atoms with E-state index < -0.39 is 34.9 Å². The molecule has 3 rings (SSSR count). The van der Waals surface area contributed by atoms with Crippen LogP contribution in [-0.4, -0.2) is 34.1 Å². The molecule has 168 valence electrons. The Balaban J connectivity index is 1.89. The minimum Gasteiger partial charge on any atom is -0.349 e. The number of amides is 2. The second-order valence-electron chi connectivity index (χ2n) is 8.87. The first kappa shape index (κ1) is 23.3. The van der Waals surface area contributed by atoms with E-state index in [0.717, 1.165) is 25.0 Å². The summed E-state index contributed by atoms with van der Waals surface area (Å²) in [7, 11) is 0. The molecule has 0 spiro atoms. The highest BCUT2D eigenvalue weighted by atomic mass is 19.1. The summed E-state index contributed by atoms with van der Waals surface area (Å²) < 4.78 is 26.6. The molecule has 0 aliphatic heterocycles. The second kappa shape index (κ2) is 9.42. The van der Waals surface area contributed by atoms with Gasteiger partial charge < -0.3 is 10.2 Å². The fraction of sp³-hybridized carbons (Fsp3) is 0.320. The van der Waals surface area contributed by atoms with E-state index in [1.807, 2.05) is 20.8 Å². The molecule has 1 N–H and O–H groups in total. The third-order valence-electron chi connectivity index (χ3n) is 4.91. The van der Waals surface area contributed by atoms with Gasteiger partial charge in [-0.15, -0.1) is 0 Å². The highest BCUT2D eigenvalue weighted by Gasteiger charge is 2.41. The Bertz CT molecular complexity index is 1020. The molecular weight excluding hydrogens is 414 g/mol. The molecule has 32 heavy (non-hydrogen) atoms. The number of halogens is 2. The largest absolute Gasteiger partial charge is 0.349 e. The van der Waals surface area contributed by atoms with E-state index in [4.69, 9.17) is 0 Å². The molecule has 5 nitrogen and oxygen atoms in total. The van der Waals surface area contributed by atoms with Gasteiger partial charge in [0, 0.05) is 23.2 Å². The van der Waals surface area contributed by atoms with Crippen molar-refractivity contribution in [2.45, 2.75) is 51.2 Å². The van der Waals surface area contributed by atoms with Crippen molar-refractivity contribution < 1.29 is 23.2 Å². The number of ketones is 1. The van der Waals surface area contributed by atoms with Crippen molar-refractivity contribution in [1.29, 1.82) is 0 Å². The number of hydrogen-bond donors (Lipinski definition) is 1. The molecule has 1 aliphatic carbocycles. The molecule has 0 saturated heterocycles. The van der Waals surface area contributed by atoms with Crippen LogP contribution in [0.25, 0.3) is 0 Å². The smallest absolute Gasteiger partial charge is 0.247 e. The third-order valence-corrected chi connectivity index (χ3v) is 4.91. The van der Waals surface area contributed by atoms with Gasteiger partial charge in [-0.25, -0.2) is 8.78 Å². The highest BCUT2D eigenvalue weighted by Crippen LogP contribution is 2.35. The Morgan fingerprint density at radius 1 is 0.938 bits per heavy atom. The molecule has 2 aromatic carbocycles. The Morgan fingerprint density at radius 2 is 1.47 bits per heavy atom. The molecule has 1 aliphatic rings. The molecule has 0 heterocycles. The van der Waals surface area contributed by atoms with Crippen LogP contribution >= 0.6 is 0 Å². The molecule has 7 heteroatoms. The van der Waals surface area contributed by atoms with Crippen LogP contribution in [0.5, 0.6) is 0 Å². The van der Waals surface area contributed by atoms with E-state index in [9.17, 15) is 23.2 Å². The molecule has 1 fully saturated rings. The van der Waals surface area contributed by atoms with Gasteiger partial charge in [-0.2, -0.15) is 0 Å². The highest BCUT2D eigenvalue weighted by molar-refractivity contribution is 6.08. The predicted molar refractivity (Wildman–Crippen MR) is 117 cm³/mol. The standard InChI is InChI=1S/C25H26F2N2O3/c1-25(2,3)28-24(32)23(17-6-10-19(27)11-7-17)29(20-12-13-20)22(31)15-14-21(30)16-4-8-18(26)9-5-16/h4-11,14-15,20,23H,12-13H2,1-3H3,(H,28,32). The topological polar surface area (TPSA) is 66.5 Å². The fourth-order valence-corrected chi connectivity index (χ4v) is 3.34. The molecule has 0 aromatic heterocycles. The second-order valence-corrected chi connectivity index (χ2v) is 8.87. The van der Waals surface area contributed by atoms with E-state index in [2.05, 4.69) is 5.32 Å². The van der Waals surface area contributed by atoms with Gasteiger partial charge in [0.1, 0.15) is 17.7 Å². The van der Waals surface area contributed by atoms with Crippen molar-refractivity contribution in [3.8, 4) is 0 Å².